The van der Waals surface area contributed by atoms with Crippen molar-refractivity contribution in [3.8, 4) is 0 Å². The van der Waals surface area contributed by atoms with Crippen LogP contribution in [0, 0.1) is 0 Å². The van der Waals surface area contributed by atoms with E-state index in [9.17, 15) is 4.79 Å². The largest absolute Gasteiger partial charge is 0.378 e. The molecular formula is C22H25N7O2. The first kappa shape index (κ1) is 19.4. The number of rotatable bonds is 4. The topological polar surface area (TPSA) is 117 Å². The molecule has 2 aromatic rings. The van der Waals surface area contributed by atoms with E-state index in [2.05, 4.69) is 38.0 Å². The number of guanidine groups is 1. The summed E-state index contributed by atoms with van der Waals surface area (Å²) in [7, 11) is 0. The Morgan fingerprint density at radius 1 is 1.13 bits per heavy atom. The summed E-state index contributed by atoms with van der Waals surface area (Å²) in [6, 6.07) is 10.2. The summed E-state index contributed by atoms with van der Waals surface area (Å²) in [5.74, 6) is 0.831. The Kier molecular flexibility index (Phi) is 5.17. The molecule has 1 amide bonds. The lowest BCUT2D eigenvalue weighted by Crippen LogP contribution is -2.36. The number of amides is 1. The number of nitrogens with two attached hydrogens (primary N) is 1. The molecule has 3 aliphatic heterocycles. The van der Waals surface area contributed by atoms with Gasteiger partial charge < -0.3 is 31.3 Å². The van der Waals surface area contributed by atoms with Crippen molar-refractivity contribution in [2.24, 2.45) is 10.7 Å². The van der Waals surface area contributed by atoms with Crippen molar-refractivity contribution in [2.45, 2.75) is 6.42 Å². The van der Waals surface area contributed by atoms with Gasteiger partial charge in [0.15, 0.2) is 5.96 Å². The van der Waals surface area contributed by atoms with Crippen LogP contribution in [-0.2, 0) is 11.2 Å². The molecule has 0 bridgehead atoms. The number of hydrogen-bond donors (Lipinski definition) is 4. The number of anilines is 3. The van der Waals surface area contributed by atoms with Crippen LogP contribution in [0.3, 0.4) is 0 Å². The quantitative estimate of drug-likeness (QED) is 0.588. The number of carbonyl (C=O) groups excluding carboxylic acids is 1. The molecule has 1 aromatic carbocycles. The molecule has 5 rings (SSSR count). The SMILES string of the molecule is NC1=NC=C(c2cc3c(c(Nc4ccc(N5CCOCC5)cc4)n2)C(=O)NCC3)CN1. The fourth-order valence-corrected chi connectivity index (χ4v) is 4.00. The number of fused-ring (bicyclic) bond motifs is 1. The van der Waals surface area contributed by atoms with Crippen molar-refractivity contribution in [3.05, 3.63) is 53.4 Å². The number of aromatic nitrogens is 1. The molecule has 0 unspecified atom stereocenters. The van der Waals surface area contributed by atoms with Crippen LogP contribution in [-0.4, -0.2) is 56.2 Å². The van der Waals surface area contributed by atoms with Gasteiger partial charge in [-0.2, -0.15) is 0 Å². The number of morpholine rings is 1. The Morgan fingerprint density at radius 2 is 1.94 bits per heavy atom. The molecule has 0 aliphatic carbocycles. The predicted molar refractivity (Wildman–Crippen MR) is 121 cm³/mol. The lowest BCUT2D eigenvalue weighted by atomic mass is 9.98. The number of ether oxygens (including phenoxy) is 1. The molecule has 1 saturated heterocycles. The smallest absolute Gasteiger partial charge is 0.255 e. The third kappa shape index (κ3) is 4.04. The van der Waals surface area contributed by atoms with Crippen molar-refractivity contribution in [1.29, 1.82) is 0 Å². The molecule has 9 nitrogen and oxygen atoms in total. The van der Waals surface area contributed by atoms with Gasteiger partial charge in [0.25, 0.3) is 5.91 Å². The summed E-state index contributed by atoms with van der Waals surface area (Å²) in [6.07, 6.45) is 2.48. The average molecular weight is 419 g/mol. The molecule has 9 heteroatoms. The molecule has 4 heterocycles. The molecule has 3 aliphatic rings. The maximum Gasteiger partial charge on any atom is 0.255 e. The second-order valence-electron chi connectivity index (χ2n) is 7.69. The molecule has 1 aromatic heterocycles. The predicted octanol–water partition coefficient (Wildman–Crippen LogP) is 1.21. The van der Waals surface area contributed by atoms with Crippen LogP contribution in [0.5, 0.6) is 0 Å². The van der Waals surface area contributed by atoms with Gasteiger partial charge in [-0.3, -0.25) is 4.79 Å². The van der Waals surface area contributed by atoms with Gasteiger partial charge in [0, 0.05) is 49.3 Å². The standard InChI is InChI=1S/C22H25N7O2/c23-22-25-12-15(13-26-22)18-11-14-5-6-24-21(30)19(14)20(28-18)27-16-1-3-17(4-2-16)29-7-9-31-10-8-29/h1-4,11-12H,5-10,13H2,(H,24,30)(H,27,28)(H3,23,25,26). The summed E-state index contributed by atoms with van der Waals surface area (Å²) in [5, 5.41) is 9.31. The van der Waals surface area contributed by atoms with E-state index in [0.29, 0.717) is 30.4 Å². The van der Waals surface area contributed by atoms with E-state index in [4.69, 9.17) is 15.5 Å². The van der Waals surface area contributed by atoms with E-state index < -0.39 is 0 Å². The number of benzene rings is 1. The number of aliphatic imine (C=N–C) groups is 1. The third-order valence-corrected chi connectivity index (χ3v) is 5.66. The van der Waals surface area contributed by atoms with Crippen molar-refractivity contribution in [1.82, 2.24) is 15.6 Å². The van der Waals surface area contributed by atoms with Crippen LogP contribution in [0.4, 0.5) is 17.2 Å². The van der Waals surface area contributed by atoms with Crippen LogP contribution in [0.25, 0.3) is 5.57 Å². The van der Waals surface area contributed by atoms with Gasteiger partial charge in [0.1, 0.15) is 5.82 Å². The Hall–Kier alpha value is -3.59. The van der Waals surface area contributed by atoms with Gasteiger partial charge in [-0.1, -0.05) is 0 Å². The summed E-state index contributed by atoms with van der Waals surface area (Å²) in [5.41, 5.74) is 11.0. The van der Waals surface area contributed by atoms with Crippen LogP contribution < -0.4 is 26.6 Å². The molecule has 1 fully saturated rings. The van der Waals surface area contributed by atoms with Crippen LogP contribution >= 0.6 is 0 Å². The van der Waals surface area contributed by atoms with Gasteiger partial charge in [0.2, 0.25) is 0 Å². The monoisotopic (exact) mass is 419 g/mol. The summed E-state index contributed by atoms with van der Waals surface area (Å²) in [6.45, 7) is 4.43. The second-order valence-corrected chi connectivity index (χ2v) is 7.69. The third-order valence-electron chi connectivity index (χ3n) is 5.66. The van der Waals surface area contributed by atoms with Gasteiger partial charge in [-0.15, -0.1) is 0 Å². The molecule has 0 spiro atoms. The van der Waals surface area contributed by atoms with Gasteiger partial charge >= 0.3 is 0 Å². The fourth-order valence-electron chi connectivity index (χ4n) is 4.00. The van der Waals surface area contributed by atoms with Crippen LogP contribution in [0.15, 0.2) is 41.5 Å². The summed E-state index contributed by atoms with van der Waals surface area (Å²) >= 11 is 0. The number of pyridine rings is 1. The summed E-state index contributed by atoms with van der Waals surface area (Å²) < 4.78 is 5.43. The highest BCUT2D eigenvalue weighted by atomic mass is 16.5. The second kappa shape index (κ2) is 8.27. The highest BCUT2D eigenvalue weighted by molar-refractivity contribution is 6.02. The first-order chi connectivity index (χ1) is 15.2. The molecular weight excluding hydrogens is 394 g/mol. The molecule has 31 heavy (non-hydrogen) atoms. The Bertz CT molecular complexity index is 1060. The highest BCUT2D eigenvalue weighted by Gasteiger charge is 2.24. The van der Waals surface area contributed by atoms with Gasteiger partial charge in [-0.25, -0.2) is 9.98 Å². The molecule has 5 N–H and O–H groups in total. The van der Waals surface area contributed by atoms with Crippen molar-refractivity contribution < 1.29 is 9.53 Å². The highest BCUT2D eigenvalue weighted by Crippen LogP contribution is 2.29. The van der Waals surface area contributed by atoms with Crippen LogP contribution in [0.1, 0.15) is 21.6 Å². The first-order valence-electron chi connectivity index (χ1n) is 10.5. The van der Waals surface area contributed by atoms with Crippen molar-refractivity contribution in [2.75, 3.05) is 49.6 Å². The molecule has 0 atom stereocenters. The van der Waals surface area contributed by atoms with Gasteiger partial charge in [-0.05, 0) is 42.3 Å². The van der Waals surface area contributed by atoms with E-state index in [-0.39, 0.29) is 5.91 Å². The molecule has 160 valence electrons. The lowest BCUT2D eigenvalue weighted by Gasteiger charge is -2.29. The first-order valence-corrected chi connectivity index (χ1v) is 10.5. The lowest BCUT2D eigenvalue weighted by molar-refractivity contribution is 0.0946. The fraction of sp³-hybridized carbons (Fsp3) is 0.318. The summed E-state index contributed by atoms with van der Waals surface area (Å²) in [4.78, 5) is 23.8. The number of nitrogens with zero attached hydrogens (tertiary/aromatic N) is 3. The van der Waals surface area contributed by atoms with E-state index in [1.807, 2.05) is 18.2 Å². The zero-order valence-corrected chi connectivity index (χ0v) is 17.1. The van der Waals surface area contributed by atoms with E-state index in [1.54, 1.807) is 6.20 Å². The minimum atomic E-state index is -0.106. The Morgan fingerprint density at radius 3 is 2.68 bits per heavy atom. The van der Waals surface area contributed by atoms with Crippen molar-refractivity contribution >= 4 is 34.6 Å². The molecule has 0 radical (unpaired) electrons. The minimum Gasteiger partial charge on any atom is -0.378 e. The molecule has 0 saturated carbocycles. The van der Waals surface area contributed by atoms with E-state index >= 15 is 0 Å². The minimum absolute atomic E-state index is 0.106. The van der Waals surface area contributed by atoms with Crippen molar-refractivity contribution in [3.63, 3.8) is 0 Å². The number of hydrogen-bond acceptors (Lipinski definition) is 8. The zero-order valence-electron chi connectivity index (χ0n) is 17.1. The van der Waals surface area contributed by atoms with E-state index in [0.717, 1.165) is 60.9 Å². The average Bonchev–Trinajstić information content (AvgIpc) is 2.80. The number of nitrogens with one attached hydrogen (secondary N) is 3. The van der Waals surface area contributed by atoms with Gasteiger partial charge in [0.05, 0.1) is 24.5 Å². The zero-order chi connectivity index (χ0) is 21.2. The van der Waals surface area contributed by atoms with E-state index in [1.165, 1.54) is 0 Å². The van der Waals surface area contributed by atoms with Crippen LogP contribution in [0.2, 0.25) is 0 Å². The normalized spacial score (nSPS) is 18.3. The Balaban J connectivity index is 1.46. The number of carbonyl (C=O) groups is 1. The maximum atomic E-state index is 12.6. The Labute approximate surface area is 180 Å². The maximum absolute atomic E-state index is 12.6.